The molecular formula is C21H18ClN5O3. The van der Waals surface area contributed by atoms with Crippen LogP contribution in [0.5, 0.6) is 0 Å². The molecule has 8 nitrogen and oxygen atoms in total. The lowest BCUT2D eigenvalue weighted by Gasteiger charge is -2.09. The third-order valence-corrected chi connectivity index (χ3v) is 5.57. The summed E-state index contributed by atoms with van der Waals surface area (Å²) < 4.78 is 12.8. The first-order chi connectivity index (χ1) is 14.6. The van der Waals surface area contributed by atoms with Crippen LogP contribution < -0.4 is 5.56 Å². The van der Waals surface area contributed by atoms with Gasteiger partial charge in [0.2, 0.25) is 5.89 Å². The van der Waals surface area contributed by atoms with Gasteiger partial charge in [-0.2, -0.15) is 4.98 Å². The van der Waals surface area contributed by atoms with Gasteiger partial charge in [0.1, 0.15) is 6.54 Å². The Hall–Kier alpha value is -3.10. The van der Waals surface area contributed by atoms with Crippen molar-refractivity contribution >= 4 is 22.5 Å². The number of halogens is 1. The van der Waals surface area contributed by atoms with Gasteiger partial charge in [0, 0.05) is 17.1 Å². The largest absolute Gasteiger partial charge is 0.373 e. The lowest BCUT2D eigenvalue weighted by atomic mass is 10.0. The van der Waals surface area contributed by atoms with E-state index in [1.807, 2.05) is 31.2 Å². The highest BCUT2D eigenvalue weighted by atomic mass is 35.5. The van der Waals surface area contributed by atoms with Gasteiger partial charge in [-0.15, -0.1) is 0 Å². The molecule has 5 rings (SSSR count). The molecule has 1 aliphatic rings. The predicted molar refractivity (Wildman–Crippen MR) is 109 cm³/mol. The van der Waals surface area contributed by atoms with Crippen molar-refractivity contribution in [3.8, 4) is 0 Å². The van der Waals surface area contributed by atoms with Gasteiger partial charge < -0.3 is 9.26 Å². The third-order valence-electron chi connectivity index (χ3n) is 5.32. The second-order valence-electron chi connectivity index (χ2n) is 7.38. The molecule has 1 aromatic carbocycles. The minimum Gasteiger partial charge on any atom is -0.373 e. The number of aromatic nitrogens is 5. The van der Waals surface area contributed by atoms with Crippen molar-refractivity contribution < 1.29 is 9.26 Å². The van der Waals surface area contributed by atoms with E-state index in [4.69, 9.17) is 20.9 Å². The van der Waals surface area contributed by atoms with Crippen molar-refractivity contribution in [2.24, 2.45) is 0 Å². The molecule has 0 saturated carbocycles. The standard InChI is InChI=1S/C21H18ClN5O3/c1-12-7-23-8-16-19(12)21(28)27(11-24-16)9-18-25-20(26-30-18)14-6-17(29-10-14)13-2-4-15(22)5-3-13/h2-5,7-8,11,14,17H,6,9-10H2,1H3/t14-,17+/m0/s1. The summed E-state index contributed by atoms with van der Waals surface area (Å²) in [5, 5.41) is 5.35. The number of rotatable bonds is 4. The number of benzene rings is 1. The van der Waals surface area contributed by atoms with Gasteiger partial charge >= 0.3 is 0 Å². The fraction of sp³-hybridized carbons (Fsp3) is 0.286. The lowest BCUT2D eigenvalue weighted by molar-refractivity contribution is 0.110. The van der Waals surface area contributed by atoms with Crippen LogP contribution in [-0.4, -0.2) is 31.3 Å². The van der Waals surface area contributed by atoms with Gasteiger partial charge in [0.05, 0.1) is 36.1 Å². The third kappa shape index (κ3) is 3.48. The minimum atomic E-state index is -0.161. The van der Waals surface area contributed by atoms with Crippen LogP contribution in [0.25, 0.3) is 10.9 Å². The Morgan fingerprint density at radius 3 is 2.90 bits per heavy atom. The van der Waals surface area contributed by atoms with E-state index in [0.29, 0.717) is 34.2 Å². The average Bonchev–Trinajstić information content (AvgIpc) is 3.40. The van der Waals surface area contributed by atoms with E-state index in [9.17, 15) is 4.79 Å². The maximum atomic E-state index is 12.8. The number of aryl methyl sites for hydroxylation is 1. The molecule has 0 radical (unpaired) electrons. The molecule has 2 atom stereocenters. The Morgan fingerprint density at radius 2 is 2.07 bits per heavy atom. The Balaban J connectivity index is 1.34. The highest BCUT2D eigenvalue weighted by Gasteiger charge is 2.31. The second kappa shape index (κ2) is 7.62. The summed E-state index contributed by atoms with van der Waals surface area (Å²) in [5.41, 5.74) is 2.26. The number of fused-ring (bicyclic) bond motifs is 1. The number of hydrogen-bond acceptors (Lipinski definition) is 7. The van der Waals surface area contributed by atoms with E-state index in [1.54, 1.807) is 12.4 Å². The fourth-order valence-electron chi connectivity index (χ4n) is 3.73. The quantitative estimate of drug-likeness (QED) is 0.496. The van der Waals surface area contributed by atoms with E-state index in [1.165, 1.54) is 10.9 Å². The van der Waals surface area contributed by atoms with E-state index < -0.39 is 0 Å². The maximum absolute atomic E-state index is 12.8. The predicted octanol–water partition coefficient (Wildman–Crippen LogP) is 3.43. The molecule has 152 valence electrons. The van der Waals surface area contributed by atoms with Gasteiger partial charge in [-0.1, -0.05) is 28.9 Å². The van der Waals surface area contributed by atoms with Gasteiger partial charge in [0.15, 0.2) is 5.82 Å². The van der Waals surface area contributed by atoms with E-state index in [-0.39, 0.29) is 24.1 Å². The van der Waals surface area contributed by atoms with Crippen LogP contribution in [0.4, 0.5) is 0 Å². The Morgan fingerprint density at radius 1 is 1.23 bits per heavy atom. The summed E-state index contributed by atoms with van der Waals surface area (Å²) in [7, 11) is 0. The Labute approximate surface area is 176 Å². The summed E-state index contributed by atoms with van der Waals surface area (Å²) in [6.45, 7) is 2.51. The summed E-state index contributed by atoms with van der Waals surface area (Å²) >= 11 is 5.96. The molecule has 0 N–H and O–H groups in total. The van der Waals surface area contributed by atoms with E-state index in [0.717, 1.165) is 17.5 Å². The molecule has 0 unspecified atom stereocenters. The Bertz CT molecular complexity index is 1270. The topological polar surface area (TPSA) is 95.9 Å². The molecule has 0 bridgehead atoms. The zero-order valence-electron chi connectivity index (χ0n) is 16.2. The van der Waals surface area contributed by atoms with Crippen molar-refractivity contribution in [3.63, 3.8) is 0 Å². The highest BCUT2D eigenvalue weighted by molar-refractivity contribution is 6.30. The molecule has 1 saturated heterocycles. The van der Waals surface area contributed by atoms with Crippen molar-refractivity contribution in [3.05, 3.63) is 81.2 Å². The van der Waals surface area contributed by atoms with Crippen molar-refractivity contribution in [1.29, 1.82) is 0 Å². The van der Waals surface area contributed by atoms with E-state index in [2.05, 4.69) is 20.1 Å². The highest BCUT2D eigenvalue weighted by Crippen LogP contribution is 2.37. The monoisotopic (exact) mass is 423 g/mol. The van der Waals surface area contributed by atoms with Crippen molar-refractivity contribution in [2.45, 2.75) is 31.9 Å². The molecule has 4 aromatic rings. The molecule has 0 amide bonds. The number of pyridine rings is 1. The normalized spacial score (nSPS) is 18.9. The lowest BCUT2D eigenvalue weighted by Crippen LogP contribution is -2.22. The van der Waals surface area contributed by atoms with Crippen LogP contribution in [0.15, 0.2) is 52.3 Å². The summed E-state index contributed by atoms with van der Waals surface area (Å²) in [6, 6.07) is 7.64. The van der Waals surface area contributed by atoms with Gasteiger partial charge in [0.25, 0.3) is 5.56 Å². The zero-order valence-corrected chi connectivity index (χ0v) is 16.9. The molecule has 1 fully saturated rings. The van der Waals surface area contributed by atoms with Crippen LogP contribution in [-0.2, 0) is 11.3 Å². The Kier molecular flexibility index (Phi) is 4.80. The molecular weight excluding hydrogens is 406 g/mol. The van der Waals surface area contributed by atoms with E-state index >= 15 is 0 Å². The first kappa shape index (κ1) is 18.9. The number of ether oxygens (including phenoxy) is 1. The summed E-state index contributed by atoms with van der Waals surface area (Å²) in [5.74, 6) is 0.974. The SMILES string of the molecule is Cc1cncc2ncn(Cc3nc([C@@H]4CO[C@@H](c5ccc(Cl)cc5)C4)no3)c(=O)c12. The molecule has 3 aromatic heterocycles. The summed E-state index contributed by atoms with van der Waals surface area (Å²) in [6.07, 6.45) is 5.43. The molecule has 1 aliphatic heterocycles. The maximum Gasteiger partial charge on any atom is 0.262 e. The van der Waals surface area contributed by atoms with Crippen LogP contribution in [0.3, 0.4) is 0 Å². The van der Waals surface area contributed by atoms with Gasteiger partial charge in [-0.3, -0.25) is 14.3 Å². The smallest absolute Gasteiger partial charge is 0.262 e. The van der Waals surface area contributed by atoms with Crippen LogP contribution in [0, 0.1) is 6.92 Å². The second-order valence-corrected chi connectivity index (χ2v) is 7.82. The first-order valence-corrected chi connectivity index (χ1v) is 9.95. The number of hydrogen-bond donors (Lipinski definition) is 0. The number of nitrogens with zero attached hydrogens (tertiary/aromatic N) is 5. The van der Waals surface area contributed by atoms with Crippen LogP contribution in [0.2, 0.25) is 5.02 Å². The average molecular weight is 424 g/mol. The van der Waals surface area contributed by atoms with Crippen molar-refractivity contribution in [2.75, 3.05) is 6.61 Å². The molecule has 30 heavy (non-hydrogen) atoms. The molecule has 0 aliphatic carbocycles. The molecule has 4 heterocycles. The van der Waals surface area contributed by atoms with Gasteiger partial charge in [-0.05, 0) is 36.6 Å². The molecule has 9 heteroatoms. The minimum absolute atomic E-state index is 0.0295. The van der Waals surface area contributed by atoms with Crippen LogP contribution >= 0.6 is 11.6 Å². The first-order valence-electron chi connectivity index (χ1n) is 9.58. The fourth-order valence-corrected chi connectivity index (χ4v) is 3.85. The van der Waals surface area contributed by atoms with Crippen LogP contribution in [0.1, 0.15) is 41.3 Å². The summed E-state index contributed by atoms with van der Waals surface area (Å²) in [4.78, 5) is 25.7. The molecule has 0 spiro atoms. The van der Waals surface area contributed by atoms with Crippen molar-refractivity contribution in [1.82, 2.24) is 24.7 Å². The zero-order chi connectivity index (χ0) is 20.7. The van der Waals surface area contributed by atoms with Gasteiger partial charge in [-0.25, -0.2) is 4.98 Å².